The van der Waals surface area contributed by atoms with E-state index in [2.05, 4.69) is 24.1 Å². The van der Waals surface area contributed by atoms with Crippen molar-refractivity contribution in [2.24, 2.45) is 5.92 Å². The van der Waals surface area contributed by atoms with E-state index in [0.717, 1.165) is 16.0 Å². The molecular formula is C26H32FN3O4S. The van der Waals surface area contributed by atoms with Crippen molar-refractivity contribution >= 4 is 32.6 Å². The van der Waals surface area contributed by atoms with Gasteiger partial charge < -0.3 is 19.9 Å². The van der Waals surface area contributed by atoms with Gasteiger partial charge in [0.25, 0.3) is 0 Å². The Morgan fingerprint density at radius 3 is 2.74 bits per heavy atom. The molecule has 0 saturated carbocycles. The van der Waals surface area contributed by atoms with E-state index in [4.69, 9.17) is 9.47 Å². The number of thiazole rings is 1. The maximum absolute atomic E-state index is 13.3. The maximum Gasteiger partial charge on any atom is 0.240 e. The largest absolute Gasteiger partial charge is 0.494 e. The monoisotopic (exact) mass is 501 g/mol. The number of likely N-dealkylation sites (tertiary alicyclic amines) is 1. The molecule has 0 bridgehead atoms. The summed E-state index contributed by atoms with van der Waals surface area (Å²) in [6, 6.07) is 11.4. The van der Waals surface area contributed by atoms with E-state index in [-0.39, 0.29) is 24.2 Å². The number of aromatic nitrogens is 1. The summed E-state index contributed by atoms with van der Waals surface area (Å²) in [5.41, 5.74) is -0.223. The highest BCUT2D eigenvalue weighted by atomic mass is 32.1. The van der Waals surface area contributed by atoms with E-state index in [1.807, 2.05) is 30.0 Å². The van der Waals surface area contributed by atoms with Crippen molar-refractivity contribution in [1.29, 1.82) is 0 Å². The number of anilines is 1. The van der Waals surface area contributed by atoms with Crippen LogP contribution in [0.15, 0.2) is 42.5 Å². The van der Waals surface area contributed by atoms with Gasteiger partial charge in [0.05, 0.1) is 23.4 Å². The molecule has 4 rings (SSSR count). The molecule has 3 aromatic rings. The van der Waals surface area contributed by atoms with Crippen LogP contribution in [0.2, 0.25) is 0 Å². The van der Waals surface area contributed by atoms with Crippen LogP contribution in [0.1, 0.15) is 33.6 Å². The molecule has 1 saturated heterocycles. The van der Waals surface area contributed by atoms with E-state index in [1.54, 1.807) is 12.1 Å². The number of aliphatic hydroxyl groups is 1. The number of carbonyl (C=O) groups excluding carboxylic acids is 1. The number of piperidine rings is 1. The Balaban J connectivity index is 1.41. The molecule has 9 heteroatoms. The van der Waals surface area contributed by atoms with Crippen LogP contribution in [0, 0.1) is 11.7 Å². The SMILES string of the molecule is CCOc1ccc2nc(NC(=O)CN3CC[C@@](O)(CC(C)C)[C@@H](Oc4ccc(F)cc4)C3)sc2c1. The maximum atomic E-state index is 13.3. The van der Waals surface area contributed by atoms with Crippen LogP contribution in [0.5, 0.6) is 11.5 Å². The van der Waals surface area contributed by atoms with Gasteiger partial charge in [-0.05, 0) is 68.1 Å². The van der Waals surface area contributed by atoms with Gasteiger partial charge in [-0.15, -0.1) is 0 Å². The van der Waals surface area contributed by atoms with E-state index in [1.165, 1.54) is 23.5 Å². The topological polar surface area (TPSA) is 83.9 Å². The number of ether oxygens (including phenoxy) is 2. The lowest BCUT2D eigenvalue weighted by Gasteiger charge is -2.44. The number of halogens is 1. The highest BCUT2D eigenvalue weighted by Crippen LogP contribution is 2.33. The van der Waals surface area contributed by atoms with Crippen LogP contribution in [0.4, 0.5) is 9.52 Å². The standard InChI is InChI=1S/C26H32FN3O4S/c1-4-33-20-9-10-21-22(13-20)35-25(28-21)29-24(31)16-30-12-11-26(32,14-17(2)3)23(15-30)34-19-7-5-18(27)6-8-19/h5-10,13,17,23,32H,4,11-12,14-16H2,1-3H3,(H,28,29,31)/t23-,26+/m0/s1. The molecule has 0 radical (unpaired) electrons. The molecule has 1 amide bonds. The minimum atomic E-state index is -1.03. The number of nitrogens with one attached hydrogen (secondary N) is 1. The molecule has 1 fully saturated rings. The second kappa shape index (κ2) is 10.9. The van der Waals surface area contributed by atoms with Gasteiger partial charge >= 0.3 is 0 Å². The molecule has 2 heterocycles. The van der Waals surface area contributed by atoms with Crippen LogP contribution >= 0.6 is 11.3 Å². The Hall–Kier alpha value is -2.75. The number of carbonyl (C=O) groups is 1. The van der Waals surface area contributed by atoms with Crippen LogP contribution < -0.4 is 14.8 Å². The van der Waals surface area contributed by atoms with Crippen molar-refractivity contribution in [3.8, 4) is 11.5 Å². The summed E-state index contributed by atoms with van der Waals surface area (Å²) >= 11 is 1.40. The lowest BCUT2D eigenvalue weighted by molar-refractivity contribution is -0.129. The predicted octanol–water partition coefficient (Wildman–Crippen LogP) is 4.70. The van der Waals surface area contributed by atoms with E-state index in [0.29, 0.717) is 43.4 Å². The Morgan fingerprint density at radius 1 is 1.29 bits per heavy atom. The molecule has 0 unspecified atom stereocenters. The van der Waals surface area contributed by atoms with Gasteiger partial charge in [0, 0.05) is 13.1 Å². The number of benzene rings is 2. The number of amides is 1. The molecule has 0 aliphatic carbocycles. The molecular weight excluding hydrogens is 469 g/mol. The predicted molar refractivity (Wildman–Crippen MR) is 136 cm³/mol. The third-order valence-corrected chi connectivity index (χ3v) is 6.96. The van der Waals surface area contributed by atoms with Crippen molar-refractivity contribution in [3.63, 3.8) is 0 Å². The van der Waals surface area contributed by atoms with Gasteiger partial charge in [-0.25, -0.2) is 9.37 Å². The van der Waals surface area contributed by atoms with Gasteiger partial charge in [0.2, 0.25) is 5.91 Å². The molecule has 2 aromatic carbocycles. The minimum Gasteiger partial charge on any atom is -0.494 e. The quantitative estimate of drug-likeness (QED) is 0.442. The average molecular weight is 502 g/mol. The summed E-state index contributed by atoms with van der Waals surface area (Å²) < 4.78 is 25.9. The first-order chi connectivity index (χ1) is 16.7. The highest BCUT2D eigenvalue weighted by Gasteiger charge is 2.44. The fraction of sp³-hybridized carbons (Fsp3) is 0.462. The van der Waals surface area contributed by atoms with Gasteiger partial charge in [0.1, 0.15) is 29.0 Å². The molecule has 1 aromatic heterocycles. The van der Waals surface area contributed by atoms with Crippen molar-refractivity contribution < 1.29 is 23.8 Å². The van der Waals surface area contributed by atoms with Crippen molar-refractivity contribution in [2.45, 2.75) is 45.3 Å². The Bertz CT molecular complexity index is 1150. The highest BCUT2D eigenvalue weighted by molar-refractivity contribution is 7.22. The number of hydrogen-bond acceptors (Lipinski definition) is 7. The molecule has 0 spiro atoms. The first kappa shape index (κ1) is 25.3. The normalized spacial score (nSPS) is 20.8. The number of hydrogen-bond donors (Lipinski definition) is 2. The molecule has 1 aliphatic rings. The van der Waals surface area contributed by atoms with Gasteiger partial charge in [-0.3, -0.25) is 9.69 Å². The summed E-state index contributed by atoms with van der Waals surface area (Å²) in [5.74, 6) is 1.02. The van der Waals surface area contributed by atoms with Crippen LogP contribution in [-0.2, 0) is 4.79 Å². The minimum absolute atomic E-state index is 0.154. The number of fused-ring (bicyclic) bond motifs is 1. The Labute approximate surface area is 208 Å². The van der Waals surface area contributed by atoms with Crippen molar-refractivity contribution in [3.05, 3.63) is 48.3 Å². The summed E-state index contributed by atoms with van der Waals surface area (Å²) in [6.07, 6.45) is 0.511. The van der Waals surface area contributed by atoms with Crippen molar-refractivity contribution in [1.82, 2.24) is 9.88 Å². The molecule has 2 atom stereocenters. The fourth-order valence-electron chi connectivity index (χ4n) is 4.49. The third kappa shape index (κ3) is 6.48. The van der Waals surface area contributed by atoms with Crippen LogP contribution in [0.3, 0.4) is 0 Å². The average Bonchev–Trinajstić information content (AvgIpc) is 3.19. The zero-order chi connectivity index (χ0) is 25.0. The second-order valence-electron chi connectivity index (χ2n) is 9.38. The Kier molecular flexibility index (Phi) is 7.88. The third-order valence-electron chi connectivity index (χ3n) is 6.02. The molecule has 7 nitrogen and oxygen atoms in total. The van der Waals surface area contributed by atoms with Crippen molar-refractivity contribution in [2.75, 3.05) is 31.6 Å². The molecule has 1 aliphatic heterocycles. The smallest absolute Gasteiger partial charge is 0.240 e. The fourth-order valence-corrected chi connectivity index (χ4v) is 5.40. The van der Waals surface area contributed by atoms with Crippen LogP contribution in [-0.4, -0.2) is 58.8 Å². The lowest BCUT2D eigenvalue weighted by atomic mass is 9.81. The molecule has 2 N–H and O–H groups in total. The summed E-state index contributed by atoms with van der Waals surface area (Å²) in [7, 11) is 0. The first-order valence-corrected chi connectivity index (χ1v) is 12.8. The number of nitrogens with zero attached hydrogens (tertiary/aromatic N) is 2. The summed E-state index contributed by atoms with van der Waals surface area (Å²) in [6.45, 7) is 7.73. The summed E-state index contributed by atoms with van der Waals surface area (Å²) in [5, 5.41) is 14.8. The Morgan fingerprint density at radius 2 is 2.03 bits per heavy atom. The zero-order valence-corrected chi connectivity index (χ0v) is 21.1. The van der Waals surface area contributed by atoms with E-state index >= 15 is 0 Å². The number of rotatable bonds is 9. The molecule has 188 valence electrons. The van der Waals surface area contributed by atoms with Gasteiger partial charge in [-0.1, -0.05) is 25.2 Å². The van der Waals surface area contributed by atoms with E-state index < -0.39 is 11.7 Å². The zero-order valence-electron chi connectivity index (χ0n) is 20.3. The molecule has 35 heavy (non-hydrogen) atoms. The first-order valence-electron chi connectivity index (χ1n) is 11.9. The summed E-state index contributed by atoms with van der Waals surface area (Å²) in [4.78, 5) is 19.3. The van der Waals surface area contributed by atoms with E-state index in [9.17, 15) is 14.3 Å². The van der Waals surface area contributed by atoms with Gasteiger partial charge in [0.15, 0.2) is 5.13 Å². The lowest BCUT2D eigenvalue weighted by Crippen LogP contribution is -2.59. The second-order valence-corrected chi connectivity index (χ2v) is 10.4. The van der Waals surface area contributed by atoms with Gasteiger partial charge in [-0.2, -0.15) is 0 Å². The van der Waals surface area contributed by atoms with Crippen LogP contribution in [0.25, 0.3) is 10.2 Å².